The molecule has 0 heterocycles. The Hall–Kier alpha value is -1.90. The molecule has 0 aliphatic rings. The van der Waals surface area contributed by atoms with Gasteiger partial charge in [-0.1, -0.05) is 52.0 Å². The summed E-state index contributed by atoms with van der Waals surface area (Å²) in [5.74, 6) is 0.260. The van der Waals surface area contributed by atoms with Crippen molar-refractivity contribution in [3.8, 4) is 0 Å². The molecule has 2 nitrogen and oxygen atoms in total. The zero-order chi connectivity index (χ0) is 16.5. The van der Waals surface area contributed by atoms with E-state index in [0.29, 0.717) is 23.7 Å². The van der Waals surface area contributed by atoms with Crippen LogP contribution in [0.4, 0.5) is 4.39 Å². The lowest BCUT2D eigenvalue weighted by Gasteiger charge is -2.15. The normalized spacial score (nSPS) is 11.6. The number of nitrogens with one attached hydrogen (secondary N) is 2. The van der Waals surface area contributed by atoms with Gasteiger partial charge in [0, 0.05) is 17.8 Å². The number of hydrogen-bond donors (Lipinski definition) is 2. The molecular weight excluding hydrogens is 275 g/mol. The van der Waals surface area contributed by atoms with E-state index in [-0.39, 0.29) is 5.82 Å². The summed E-state index contributed by atoms with van der Waals surface area (Å²) in [6.45, 7) is 10.7. The third kappa shape index (κ3) is 6.25. The molecule has 1 rings (SSSR count). The van der Waals surface area contributed by atoms with E-state index in [4.69, 9.17) is 5.41 Å². The average molecular weight is 302 g/mol. The number of halogens is 1. The lowest BCUT2D eigenvalue weighted by Crippen LogP contribution is -2.17. The summed E-state index contributed by atoms with van der Waals surface area (Å²) >= 11 is 0. The van der Waals surface area contributed by atoms with Gasteiger partial charge in [0.05, 0.1) is 5.71 Å². The van der Waals surface area contributed by atoms with Crippen molar-refractivity contribution in [2.75, 3.05) is 0 Å². The van der Waals surface area contributed by atoms with Crippen molar-refractivity contribution in [3.63, 3.8) is 0 Å². The van der Waals surface area contributed by atoms with Crippen LogP contribution in [-0.2, 0) is 6.54 Å². The van der Waals surface area contributed by atoms with E-state index in [1.54, 1.807) is 12.1 Å². The van der Waals surface area contributed by atoms with Gasteiger partial charge in [-0.2, -0.15) is 0 Å². The standard InChI is InChI=1S/C19H27FN2/c1-5-8-15(4)19(21)12-17(11-14(2)3)22-13-16-9-6-7-10-18(16)20/h6-7,9-10,12,14,21-22H,4-5,8,11,13H2,1-3H3/b17-12-,21-19?. The molecule has 1 aromatic rings. The molecule has 0 amide bonds. The highest BCUT2D eigenvalue weighted by atomic mass is 19.1. The van der Waals surface area contributed by atoms with E-state index in [0.717, 1.165) is 30.5 Å². The maximum Gasteiger partial charge on any atom is 0.128 e. The Morgan fingerprint density at radius 1 is 1.36 bits per heavy atom. The second kappa shape index (κ2) is 9.19. The summed E-state index contributed by atoms with van der Waals surface area (Å²) in [4.78, 5) is 0. The number of allylic oxidation sites excluding steroid dienone is 3. The van der Waals surface area contributed by atoms with Crippen LogP contribution in [0.5, 0.6) is 0 Å². The first-order valence-corrected chi connectivity index (χ1v) is 7.88. The van der Waals surface area contributed by atoms with Crippen LogP contribution in [0.3, 0.4) is 0 Å². The minimum Gasteiger partial charge on any atom is -0.384 e. The third-order valence-electron chi connectivity index (χ3n) is 3.34. The highest BCUT2D eigenvalue weighted by Gasteiger charge is 2.07. The largest absolute Gasteiger partial charge is 0.384 e. The summed E-state index contributed by atoms with van der Waals surface area (Å²) in [6.07, 6.45) is 4.48. The average Bonchev–Trinajstić information content (AvgIpc) is 2.45. The van der Waals surface area contributed by atoms with Gasteiger partial charge in [-0.3, -0.25) is 0 Å². The Morgan fingerprint density at radius 3 is 2.64 bits per heavy atom. The van der Waals surface area contributed by atoms with Crippen molar-refractivity contribution in [3.05, 3.63) is 59.6 Å². The van der Waals surface area contributed by atoms with E-state index >= 15 is 0 Å². The van der Waals surface area contributed by atoms with E-state index in [2.05, 4.69) is 32.7 Å². The van der Waals surface area contributed by atoms with Gasteiger partial charge in [0.25, 0.3) is 0 Å². The predicted octanol–water partition coefficient (Wildman–Crippen LogP) is 5.22. The maximum atomic E-state index is 13.7. The minimum atomic E-state index is -0.204. The highest BCUT2D eigenvalue weighted by Crippen LogP contribution is 2.13. The molecule has 0 unspecified atom stereocenters. The molecule has 1 aromatic carbocycles. The summed E-state index contributed by atoms with van der Waals surface area (Å²) in [7, 11) is 0. The van der Waals surface area contributed by atoms with Gasteiger partial charge in [0.1, 0.15) is 5.82 Å². The zero-order valence-corrected chi connectivity index (χ0v) is 13.9. The molecule has 2 N–H and O–H groups in total. The summed E-state index contributed by atoms with van der Waals surface area (Å²) in [6, 6.07) is 6.76. The molecule has 0 radical (unpaired) electrons. The smallest absolute Gasteiger partial charge is 0.128 e. The summed E-state index contributed by atoms with van der Waals surface area (Å²) in [5, 5.41) is 11.4. The first kappa shape index (κ1) is 18.1. The molecule has 0 aliphatic heterocycles. The second-order valence-corrected chi connectivity index (χ2v) is 5.98. The fourth-order valence-electron chi connectivity index (χ4n) is 2.19. The molecule has 120 valence electrons. The van der Waals surface area contributed by atoms with Crippen LogP contribution in [0, 0.1) is 17.1 Å². The zero-order valence-electron chi connectivity index (χ0n) is 13.9. The van der Waals surface area contributed by atoms with Crippen LogP contribution in [0.25, 0.3) is 0 Å². The van der Waals surface area contributed by atoms with Gasteiger partial charge in [0.15, 0.2) is 0 Å². The Labute approximate surface area is 133 Å². The molecule has 0 atom stereocenters. The van der Waals surface area contributed by atoms with Crippen LogP contribution in [-0.4, -0.2) is 5.71 Å². The maximum absolute atomic E-state index is 13.7. The molecule has 0 saturated carbocycles. The Kier molecular flexibility index (Phi) is 7.58. The second-order valence-electron chi connectivity index (χ2n) is 5.98. The van der Waals surface area contributed by atoms with E-state index in [1.165, 1.54) is 6.07 Å². The van der Waals surface area contributed by atoms with E-state index in [9.17, 15) is 4.39 Å². The molecule has 3 heteroatoms. The monoisotopic (exact) mass is 302 g/mol. The SMILES string of the molecule is C=C(CCC)C(=N)/C=C(/CC(C)C)NCc1ccccc1F. The topological polar surface area (TPSA) is 35.9 Å². The van der Waals surface area contributed by atoms with Crippen LogP contribution in [0.1, 0.15) is 45.6 Å². The van der Waals surface area contributed by atoms with Crippen LogP contribution in [0.2, 0.25) is 0 Å². The van der Waals surface area contributed by atoms with Gasteiger partial charge in [-0.25, -0.2) is 4.39 Å². The molecule has 0 aromatic heterocycles. The van der Waals surface area contributed by atoms with Gasteiger partial charge in [-0.05, 0) is 36.5 Å². The Bertz CT molecular complexity index is 544. The first-order chi connectivity index (χ1) is 10.4. The van der Waals surface area contributed by atoms with Gasteiger partial charge in [0.2, 0.25) is 0 Å². The first-order valence-electron chi connectivity index (χ1n) is 7.88. The number of rotatable bonds is 9. The van der Waals surface area contributed by atoms with Crippen LogP contribution in [0.15, 0.2) is 48.2 Å². The number of hydrogen-bond acceptors (Lipinski definition) is 2. The molecular formula is C19H27FN2. The van der Waals surface area contributed by atoms with Crippen molar-refractivity contribution >= 4 is 5.71 Å². The lowest BCUT2D eigenvalue weighted by atomic mass is 10.0. The molecule has 0 bridgehead atoms. The molecule has 0 fully saturated rings. The summed E-state index contributed by atoms with van der Waals surface area (Å²) < 4.78 is 13.7. The fraction of sp³-hybridized carbons (Fsp3) is 0.421. The Balaban J connectivity index is 2.78. The van der Waals surface area contributed by atoms with Gasteiger partial charge >= 0.3 is 0 Å². The summed E-state index contributed by atoms with van der Waals surface area (Å²) in [5.41, 5.74) is 2.89. The lowest BCUT2D eigenvalue weighted by molar-refractivity contribution is 0.578. The molecule has 0 aliphatic carbocycles. The molecule has 22 heavy (non-hydrogen) atoms. The van der Waals surface area contributed by atoms with E-state index < -0.39 is 0 Å². The van der Waals surface area contributed by atoms with E-state index in [1.807, 2.05) is 12.1 Å². The van der Waals surface area contributed by atoms with Crippen LogP contribution < -0.4 is 5.32 Å². The van der Waals surface area contributed by atoms with Crippen molar-refractivity contribution < 1.29 is 4.39 Å². The minimum absolute atomic E-state index is 0.204. The van der Waals surface area contributed by atoms with Crippen molar-refractivity contribution in [2.24, 2.45) is 5.92 Å². The highest BCUT2D eigenvalue weighted by molar-refractivity contribution is 6.06. The molecule has 0 saturated heterocycles. The van der Waals surface area contributed by atoms with Crippen molar-refractivity contribution in [2.45, 2.75) is 46.6 Å². The fourth-order valence-corrected chi connectivity index (χ4v) is 2.19. The van der Waals surface area contributed by atoms with Gasteiger partial charge < -0.3 is 10.7 Å². The third-order valence-corrected chi connectivity index (χ3v) is 3.34. The van der Waals surface area contributed by atoms with Crippen molar-refractivity contribution in [1.82, 2.24) is 5.32 Å². The van der Waals surface area contributed by atoms with Crippen molar-refractivity contribution in [1.29, 1.82) is 5.41 Å². The Morgan fingerprint density at radius 2 is 2.05 bits per heavy atom. The predicted molar refractivity (Wildman–Crippen MR) is 92.6 cm³/mol. The number of benzene rings is 1. The van der Waals surface area contributed by atoms with Crippen LogP contribution >= 0.6 is 0 Å². The van der Waals surface area contributed by atoms with Gasteiger partial charge in [-0.15, -0.1) is 0 Å². The molecule has 0 spiro atoms. The quantitative estimate of drug-likeness (QED) is 0.603.